The van der Waals surface area contributed by atoms with Crippen LogP contribution in [-0.4, -0.2) is 26.8 Å². The van der Waals surface area contributed by atoms with Crippen LogP contribution in [0.1, 0.15) is 30.5 Å². The summed E-state index contributed by atoms with van der Waals surface area (Å²) in [5.41, 5.74) is 2.84. The Morgan fingerprint density at radius 3 is 2.88 bits per heavy atom. The summed E-state index contributed by atoms with van der Waals surface area (Å²) < 4.78 is 0. The monoisotopic (exact) mass is 342 g/mol. The molecule has 2 heterocycles. The fourth-order valence-electron chi connectivity index (χ4n) is 2.69. The van der Waals surface area contributed by atoms with Crippen molar-refractivity contribution in [2.45, 2.75) is 25.2 Å². The molecular formula is C18H18N2O3S. The zero-order chi connectivity index (χ0) is 17.3. The molecule has 0 spiro atoms. The van der Waals surface area contributed by atoms with E-state index in [-0.39, 0.29) is 5.69 Å². The smallest absolute Gasteiger partial charge is 0.344 e. The molecule has 0 unspecified atom stereocenters. The molecule has 2 aromatic rings. The van der Waals surface area contributed by atoms with Gasteiger partial charge in [-0.2, -0.15) is 0 Å². The van der Waals surface area contributed by atoms with Crippen LogP contribution in [0.15, 0.2) is 46.4 Å². The first kappa shape index (κ1) is 16.5. The number of aliphatic carboxylic acids is 1. The Bertz CT molecular complexity index is 864. The molecule has 0 saturated heterocycles. The van der Waals surface area contributed by atoms with Crippen LogP contribution in [0.25, 0.3) is 5.57 Å². The van der Waals surface area contributed by atoms with Crippen molar-refractivity contribution in [3.05, 3.63) is 63.8 Å². The number of carboxylic acid groups (broad SMARTS) is 1. The zero-order valence-electron chi connectivity index (χ0n) is 13.5. The fraction of sp³-hybridized carbons (Fsp3) is 0.278. The van der Waals surface area contributed by atoms with Crippen molar-refractivity contribution in [2.75, 3.05) is 5.75 Å². The van der Waals surface area contributed by atoms with Crippen LogP contribution in [0.2, 0.25) is 0 Å². The highest BCUT2D eigenvalue weighted by atomic mass is 32.2. The summed E-state index contributed by atoms with van der Waals surface area (Å²) in [6.07, 6.45) is 5.84. The van der Waals surface area contributed by atoms with E-state index in [0.717, 1.165) is 32.9 Å². The van der Waals surface area contributed by atoms with Gasteiger partial charge in [-0.3, -0.25) is 4.79 Å². The third-order valence-electron chi connectivity index (χ3n) is 4.07. The second-order valence-corrected chi connectivity index (χ2v) is 7.49. The molecule has 0 radical (unpaired) electrons. The lowest BCUT2D eigenvalue weighted by atomic mass is 9.85. The van der Waals surface area contributed by atoms with Gasteiger partial charge in [0.05, 0.1) is 5.41 Å². The van der Waals surface area contributed by atoms with E-state index in [1.807, 2.05) is 12.1 Å². The van der Waals surface area contributed by atoms with Gasteiger partial charge in [0, 0.05) is 28.6 Å². The number of carbonyl (C=O) groups is 1. The molecule has 3 rings (SSSR count). The molecule has 1 aliphatic heterocycles. The van der Waals surface area contributed by atoms with Gasteiger partial charge in [0.15, 0.2) is 0 Å². The van der Waals surface area contributed by atoms with Crippen LogP contribution >= 0.6 is 11.8 Å². The Hall–Kier alpha value is -2.34. The molecule has 1 aliphatic rings. The van der Waals surface area contributed by atoms with Crippen LogP contribution in [0.5, 0.6) is 0 Å². The molecule has 6 heteroatoms. The maximum Gasteiger partial charge on any atom is 0.344 e. The molecule has 5 nitrogen and oxygen atoms in total. The van der Waals surface area contributed by atoms with Crippen molar-refractivity contribution in [3.63, 3.8) is 0 Å². The van der Waals surface area contributed by atoms with Gasteiger partial charge in [-0.1, -0.05) is 18.2 Å². The number of aromatic amines is 1. The first-order valence-corrected chi connectivity index (χ1v) is 8.60. The summed E-state index contributed by atoms with van der Waals surface area (Å²) in [6.45, 7) is 3.47. The predicted molar refractivity (Wildman–Crippen MR) is 94.2 cm³/mol. The summed E-state index contributed by atoms with van der Waals surface area (Å²) in [6, 6.07) is 6.06. The Balaban J connectivity index is 1.94. The summed E-state index contributed by atoms with van der Waals surface area (Å²) in [7, 11) is 0. The minimum Gasteiger partial charge on any atom is -0.481 e. The number of nitrogens with zero attached hydrogens (tertiary/aromatic N) is 1. The lowest BCUT2D eigenvalue weighted by molar-refractivity contribution is -0.146. The highest BCUT2D eigenvalue weighted by molar-refractivity contribution is 7.99. The summed E-state index contributed by atoms with van der Waals surface area (Å²) in [5.74, 6) is 0.0283. The van der Waals surface area contributed by atoms with Crippen LogP contribution < -0.4 is 5.69 Å². The van der Waals surface area contributed by atoms with E-state index in [1.54, 1.807) is 38.0 Å². The summed E-state index contributed by atoms with van der Waals surface area (Å²) in [5, 5.41) is 9.30. The number of benzene rings is 1. The average Bonchev–Trinajstić information content (AvgIpc) is 2.54. The number of aromatic nitrogens is 2. The van der Waals surface area contributed by atoms with Gasteiger partial charge in [0.25, 0.3) is 0 Å². The summed E-state index contributed by atoms with van der Waals surface area (Å²) in [4.78, 5) is 30.0. The fourth-order valence-corrected chi connectivity index (χ4v) is 3.69. The second-order valence-electron chi connectivity index (χ2n) is 6.43. The summed E-state index contributed by atoms with van der Waals surface area (Å²) >= 11 is 1.72. The first-order chi connectivity index (χ1) is 11.4. The van der Waals surface area contributed by atoms with Crippen molar-refractivity contribution < 1.29 is 9.90 Å². The third kappa shape index (κ3) is 3.28. The minimum absolute atomic E-state index is 0.365. The van der Waals surface area contributed by atoms with Crippen LogP contribution in [0, 0.1) is 5.41 Å². The molecule has 1 aromatic carbocycles. The Kier molecular flexibility index (Phi) is 4.32. The van der Waals surface area contributed by atoms with Crippen molar-refractivity contribution in [3.8, 4) is 0 Å². The number of nitrogens with one attached hydrogen (secondary N) is 1. The van der Waals surface area contributed by atoms with E-state index in [9.17, 15) is 14.7 Å². The van der Waals surface area contributed by atoms with E-state index in [0.29, 0.717) is 6.42 Å². The van der Waals surface area contributed by atoms with Crippen molar-refractivity contribution >= 4 is 23.3 Å². The van der Waals surface area contributed by atoms with Gasteiger partial charge in [0.2, 0.25) is 0 Å². The van der Waals surface area contributed by atoms with Gasteiger partial charge in [-0.05, 0) is 43.0 Å². The highest BCUT2D eigenvalue weighted by Gasteiger charge is 2.28. The molecule has 0 aliphatic carbocycles. The molecular weight excluding hydrogens is 324 g/mol. The van der Waals surface area contributed by atoms with E-state index < -0.39 is 11.4 Å². The molecule has 0 fully saturated rings. The number of rotatable bonds is 4. The molecule has 24 heavy (non-hydrogen) atoms. The maximum absolute atomic E-state index is 11.3. The van der Waals surface area contributed by atoms with E-state index in [1.165, 1.54) is 0 Å². The molecule has 1 aromatic heterocycles. The minimum atomic E-state index is -0.798. The van der Waals surface area contributed by atoms with Crippen LogP contribution in [-0.2, 0) is 11.2 Å². The standard InChI is InChI=1S/C18H18N2O3S/c1-18(2,16(21)22)8-11-3-4-14-13(5-6-24-15(14)7-11)12-9-19-17(23)20-10-12/h3-5,7,9-10H,6,8H2,1-2H3,(H,21,22)(H,19,20,23). The van der Waals surface area contributed by atoms with Gasteiger partial charge in [0.1, 0.15) is 0 Å². The average molecular weight is 342 g/mol. The quantitative estimate of drug-likeness (QED) is 0.892. The number of hydrogen-bond acceptors (Lipinski definition) is 4. The van der Waals surface area contributed by atoms with E-state index in [2.05, 4.69) is 22.1 Å². The van der Waals surface area contributed by atoms with E-state index >= 15 is 0 Å². The van der Waals surface area contributed by atoms with Crippen molar-refractivity contribution in [2.24, 2.45) is 5.41 Å². The molecule has 0 saturated carbocycles. The SMILES string of the molecule is CC(C)(Cc1ccc2c(c1)SCC=C2c1cnc(=O)[nH]c1)C(=O)O. The second kappa shape index (κ2) is 6.28. The maximum atomic E-state index is 11.3. The molecule has 124 valence electrons. The lowest BCUT2D eigenvalue weighted by Crippen LogP contribution is -2.26. The van der Waals surface area contributed by atoms with Gasteiger partial charge < -0.3 is 10.1 Å². The Labute approximate surface area is 143 Å². The normalized spacial score (nSPS) is 14.0. The number of thioether (sulfide) groups is 1. The van der Waals surface area contributed by atoms with Crippen molar-refractivity contribution in [1.82, 2.24) is 9.97 Å². The molecule has 0 bridgehead atoms. The lowest BCUT2D eigenvalue weighted by Gasteiger charge is -2.22. The van der Waals surface area contributed by atoms with Crippen LogP contribution in [0.3, 0.4) is 0 Å². The molecule has 2 N–H and O–H groups in total. The van der Waals surface area contributed by atoms with Crippen molar-refractivity contribution in [1.29, 1.82) is 0 Å². The molecule has 0 amide bonds. The largest absolute Gasteiger partial charge is 0.481 e. The first-order valence-electron chi connectivity index (χ1n) is 7.61. The number of hydrogen-bond donors (Lipinski definition) is 2. The van der Waals surface area contributed by atoms with Gasteiger partial charge in [-0.25, -0.2) is 9.78 Å². The van der Waals surface area contributed by atoms with Crippen LogP contribution in [0.4, 0.5) is 0 Å². The molecule has 0 atom stereocenters. The van der Waals surface area contributed by atoms with Gasteiger partial charge in [-0.15, -0.1) is 11.8 Å². The van der Waals surface area contributed by atoms with Gasteiger partial charge >= 0.3 is 11.7 Å². The zero-order valence-corrected chi connectivity index (χ0v) is 14.3. The Morgan fingerprint density at radius 2 is 2.21 bits per heavy atom. The highest BCUT2D eigenvalue weighted by Crippen LogP contribution is 2.38. The number of carboxylic acids is 1. The third-order valence-corrected chi connectivity index (χ3v) is 5.05. The topological polar surface area (TPSA) is 83.0 Å². The Morgan fingerprint density at radius 1 is 1.42 bits per heavy atom. The predicted octanol–water partition coefficient (Wildman–Crippen LogP) is 2.96. The number of fused-ring (bicyclic) bond motifs is 1. The van der Waals surface area contributed by atoms with E-state index in [4.69, 9.17) is 0 Å². The number of H-pyrrole nitrogens is 1.